The second-order valence-corrected chi connectivity index (χ2v) is 5.48. The molecule has 2 N–H and O–H groups in total. The molecular weight excluding hydrogens is 236 g/mol. The van der Waals surface area contributed by atoms with Crippen LogP contribution in [-0.2, 0) is 9.53 Å². The number of likely N-dealkylation sites (tertiary alicyclic amines) is 1. The first-order chi connectivity index (χ1) is 8.29. The fourth-order valence-electron chi connectivity index (χ4n) is 1.90. The predicted octanol–water partition coefficient (Wildman–Crippen LogP) is 1.41. The van der Waals surface area contributed by atoms with Gasteiger partial charge in [-0.3, -0.25) is 10.2 Å². The Balaban J connectivity index is 2.57. The van der Waals surface area contributed by atoms with Crippen molar-refractivity contribution in [3.8, 4) is 0 Å². The van der Waals surface area contributed by atoms with Crippen LogP contribution < -0.4 is 5.32 Å². The van der Waals surface area contributed by atoms with Crippen LogP contribution in [0.4, 0.5) is 4.79 Å². The number of ether oxygens (including phenoxy) is 1. The minimum Gasteiger partial charge on any atom is -0.479 e. The van der Waals surface area contributed by atoms with Crippen molar-refractivity contribution in [2.45, 2.75) is 51.8 Å². The van der Waals surface area contributed by atoms with E-state index in [0.717, 1.165) is 19.3 Å². The lowest BCUT2D eigenvalue weighted by Crippen LogP contribution is -2.55. The summed E-state index contributed by atoms with van der Waals surface area (Å²) in [6.45, 7) is 6.59. The zero-order valence-electron chi connectivity index (χ0n) is 11.2. The standard InChI is InChI=1S/C12H22N2O4/c1-12(2,3)18-11(17)13-9(10(15)16)14-7-5-4-6-8-14/h9H,4-8H2,1-3H3,(H,13,17)(H,15,16)/t9-/m1/s1. The van der Waals surface area contributed by atoms with Gasteiger partial charge < -0.3 is 9.84 Å². The number of carbonyl (C=O) groups is 2. The van der Waals surface area contributed by atoms with Crippen molar-refractivity contribution in [3.63, 3.8) is 0 Å². The van der Waals surface area contributed by atoms with Crippen LogP contribution in [0.15, 0.2) is 0 Å². The molecule has 0 aromatic heterocycles. The molecule has 6 heteroatoms. The van der Waals surface area contributed by atoms with Crippen molar-refractivity contribution >= 4 is 12.1 Å². The lowest BCUT2D eigenvalue weighted by Gasteiger charge is -2.32. The van der Waals surface area contributed by atoms with Gasteiger partial charge in [-0.2, -0.15) is 0 Å². The molecule has 1 heterocycles. The normalized spacial score (nSPS) is 19.1. The number of amides is 1. The lowest BCUT2D eigenvalue weighted by atomic mass is 10.1. The third kappa shape index (κ3) is 4.91. The highest BCUT2D eigenvalue weighted by Gasteiger charge is 2.30. The van der Waals surface area contributed by atoms with Crippen molar-refractivity contribution in [2.75, 3.05) is 13.1 Å². The van der Waals surface area contributed by atoms with E-state index in [1.54, 1.807) is 25.7 Å². The Bertz CT molecular complexity index is 306. The fourth-order valence-corrected chi connectivity index (χ4v) is 1.90. The fraction of sp³-hybridized carbons (Fsp3) is 0.833. The van der Waals surface area contributed by atoms with Gasteiger partial charge in [0.05, 0.1) is 0 Å². The maximum Gasteiger partial charge on any atom is 0.409 e. The second-order valence-electron chi connectivity index (χ2n) is 5.48. The van der Waals surface area contributed by atoms with E-state index in [-0.39, 0.29) is 0 Å². The van der Waals surface area contributed by atoms with Gasteiger partial charge in [0, 0.05) is 13.1 Å². The Labute approximate surface area is 107 Å². The first kappa shape index (κ1) is 14.8. The Kier molecular flexibility index (Phi) is 4.95. The molecule has 0 aromatic rings. The summed E-state index contributed by atoms with van der Waals surface area (Å²) in [6.07, 6.45) is 1.33. The zero-order valence-corrected chi connectivity index (χ0v) is 11.2. The predicted molar refractivity (Wildman–Crippen MR) is 66.2 cm³/mol. The molecule has 1 amide bonds. The van der Waals surface area contributed by atoms with Gasteiger partial charge in [0.1, 0.15) is 5.60 Å². The summed E-state index contributed by atoms with van der Waals surface area (Å²) in [5, 5.41) is 11.6. The number of carboxylic acids is 1. The summed E-state index contributed by atoms with van der Waals surface area (Å²) in [4.78, 5) is 24.5. The van der Waals surface area contributed by atoms with Crippen LogP contribution in [-0.4, -0.2) is 46.9 Å². The quantitative estimate of drug-likeness (QED) is 0.800. The molecule has 104 valence electrons. The zero-order chi connectivity index (χ0) is 13.8. The van der Waals surface area contributed by atoms with Gasteiger partial charge in [-0.25, -0.2) is 9.59 Å². The highest BCUT2D eigenvalue weighted by Crippen LogP contribution is 2.12. The third-order valence-corrected chi connectivity index (χ3v) is 2.64. The molecule has 1 fully saturated rings. The summed E-state index contributed by atoms with van der Waals surface area (Å²) in [6, 6.07) is 0. The number of carboxylic acid groups (broad SMARTS) is 1. The van der Waals surface area contributed by atoms with Crippen LogP contribution in [0.1, 0.15) is 40.0 Å². The van der Waals surface area contributed by atoms with Crippen molar-refractivity contribution < 1.29 is 19.4 Å². The lowest BCUT2D eigenvalue weighted by molar-refractivity contribution is -0.145. The van der Waals surface area contributed by atoms with Gasteiger partial charge in [-0.15, -0.1) is 0 Å². The maximum absolute atomic E-state index is 11.6. The van der Waals surface area contributed by atoms with Crippen molar-refractivity contribution in [1.82, 2.24) is 10.2 Å². The van der Waals surface area contributed by atoms with E-state index in [9.17, 15) is 9.59 Å². The van der Waals surface area contributed by atoms with Gasteiger partial charge in [-0.05, 0) is 33.6 Å². The molecule has 0 aromatic carbocycles. The molecular formula is C12H22N2O4. The number of alkyl carbamates (subject to hydrolysis) is 1. The van der Waals surface area contributed by atoms with Gasteiger partial charge in [0.25, 0.3) is 0 Å². The molecule has 0 radical (unpaired) electrons. The van der Waals surface area contributed by atoms with E-state index in [1.165, 1.54) is 0 Å². The second kappa shape index (κ2) is 6.04. The van der Waals surface area contributed by atoms with Crippen molar-refractivity contribution in [3.05, 3.63) is 0 Å². The monoisotopic (exact) mass is 258 g/mol. The van der Waals surface area contributed by atoms with E-state index in [2.05, 4.69) is 5.32 Å². The SMILES string of the molecule is CC(C)(C)OC(=O)N[C@@H](C(=O)O)N1CCCCC1. The summed E-state index contributed by atoms with van der Waals surface area (Å²) in [7, 11) is 0. The number of nitrogens with zero attached hydrogens (tertiary/aromatic N) is 1. The highest BCUT2D eigenvalue weighted by molar-refractivity contribution is 5.79. The van der Waals surface area contributed by atoms with Crippen molar-refractivity contribution in [1.29, 1.82) is 0 Å². The largest absolute Gasteiger partial charge is 0.479 e. The summed E-state index contributed by atoms with van der Waals surface area (Å²) >= 11 is 0. The molecule has 0 spiro atoms. The van der Waals surface area contributed by atoms with Gasteiger partial charge >= 0.3 is 12.1 Å². The van der Waals surface area contributed by atoms with Crippen LogP contribution in [0.2, 0.25) is 0 Å². The Hall–Kier alpha value is -1.30. The van der Waals surface area contributed by atoms with E-state index >= 15 is 0 Å². The molecule has 6 nitrogen and oxygen atoms in total. The summed E-state index contributed by atoms with van der Waals surface area (Å²) in [5.41, 5.74) is -0.630. The Morgan fingerprint density at radius 2 is 1.78 bits per heavy atom. The first-order valence-electron chi connectivity index (χ1n) is 6.26. The van der Waals surface area contributed by atoms with E-state index in [0.29, 0.717) is 13.1 Å². The molecule has 0 bridgehead atoms. The van der Waals surface area contributed by atoms with Crippen LogP contribution in [0.3, 0.4) is 0 Å². The van der Waals surface area contributed by atoms with Crippen LogP contribution in [0.5, 0.6) is 0 Å². The molecule has 1 aliphatic heterocycles. The molecule has 0 saturated carbocycles. The molecule has 1 rings (SSSR count). The third-order valence-electron chi connectivity index (χ3n) is 2.64. The number of carbonyl (C=O) groups excluding carboxylic acids is 1. The summed E-state index contributed by atoms with van der Waals surface area (Å²) in [5.74, 6) is -1.05. The number of piperidine rings is 1. The number of hydrogen-bond donors (Lipinski definition) is 2. The smallest absolute Gasteiger partial charge is 0.409 e. The highest BCUT2D eigenvalue weighted by atomic mass is 16.6. The van der Waals surface area contributed by atoms with Crippen LogP contribution in [0.25, 0.3) is 0 Å². The van der Waals surface area contributed by atoms with Crippen LogP contribution in [0, 0.1) is 0 Å². The molecule has 18 heavy (non-hydrogen) atoms. The van der Waals surface area contributed by atoms with Gasteiger partial charge in [0.15, 0.2) is 6.17 Å². The molecule has 1 saturated heterocycles. The van der Waals surface area contributed by atoms with Crippen LogP contribution >= 0.6 is 0 Å². The number of hydrogen-bond acceptors (Lipinski definition) is 4. The van der Waals surface area contributed by atoms with E-state index < -0.39 is 23.8 Å². The molecule has 1 aliphatic rings. The Morgan fingerprint density at radius 3 is 2.22 bits per heavy atom. The molecule has 0 aliphatic carbocycles. The number of nitrogens with one attached hydrogen (secondary N) is 1. The average molecular weight is 258 g/mol. The minimum atomic E-state index is -1.05. The maximum atomic E-state index is 11.6. The Morgan fingerprint density at radius 1 is 1.22 bits per heavy atom. The number of aliphatic carboxylic acids is 1. The van der Waals surface area contributed by atoms with Gasteiger partial charge in [0.2, 0.25) is 0 Å². The minimum absolute atomic E-state index is 0.630. The first-order valence-corrected chi connectivity index (χ1v) is 6.26. The average Bonchev–Trinajstić information content (AvgIpc) is 2.24. The molecule has 1 atom stereocenters. The summed E-state index contributed by atoms with van der Waals surface area (Å²) < 4.78 is 5.07. The van der Waals surface area contributed by atoms with Gasteiger partial charge in [-0.1, -0.05) is 6.42 Å². The number of rotatable bonds is 3. The van der Waals surface area contributed by atoms with E-state index in [4.69, 9.17) is 9.84 Å². The molecule has 0 unspecified atom stereocenters. The van der Waals surface area contributed by atoms with Crippen molar-refractivity contribution in [2.24, 2.45) is 0 Å². The topological polar surface area (TPSA) is 78.9 Å². The van der Waals surface area contributed by atoms with E-state index in [1.807, 2.05) is 0 Å².